The van der Waals surface area contributed by atoms with Gasteiger partial charge in [0.05, 0.1) is 0 Å². The summed E-state index contributed by atoms with van der Waals surface area (Å²) >= 11 is 7.02. The van der Waals surface area contributed by atoms with E-state index >= 15 is 0 Å². The second-order valence-corrected chi connectivity index (χ2v) is 9.78. The van der Waals surface area contributed by atoms with E-state index in [2.05, 4.69) is 25.6 Å². The Morgan fingerprint density at radius 1 is 1.14 bits per heavy atom. The van der Waals surface area contributed by atoms with Crippen LogP contribution in [0.3, 0.4) is 0 Å². The number of anilines is 1. The maximum absolute atomic E-state index is 12.6. The maximum atomic E-state index is 12.6. The Morgan fingerprint density at radius 2 is 1.86 bits per heavy atom. The molecule has 0 aliphatic carbocycles. The summed E-state index contributed by atoms with van der Waals surface area (Å²) in [5, 5.41) is 15.6. The highest BCUT2D eigenvalue weighted by Gasteiger charge is 2.34. The fourth-order valence-corrected chi connectivity index (χ4v) is 4.78. The van der Waals surface area contributed by atoms with E-state index < -0.39 is 34.3 Å². The number of amides is 2. The Kier molecular flexibility index (Phi) is 7.32. The summed E-state index contributed by atoms with van der Waals surface area (Å²) in [7, 11) is 0. The van der Waals surface area contributed by atoms with Crippen LogP contribution in [0.1, 0.15) is 34.7 Å². The van der Waals surface area contributed by atoms with E-state index in [1.54, 1.807) is 30.3 Å². The van der Waals surface area contributed by atoms with E-state index in [0.29, 0.717) is 16.3 Å². The molecule has 2 amide bonds. The number of hydrogen-bond acceptors (Lipinski definition) is 7. The van der Waals surface area contributed by atoms with Gasteiger partial charge >= 0.3 is 5.69 Å². The van der Waals surface area contributed by atoms with Gasteiger partial charge in [-0.3, -0.25) is 24.4 Å². The highest BCUT2D eigenvalue weighted by atomic mass is 35.5. The third-order valence-electron chi connectivity index (χ3n) is 5.69. The molecule has 36 heavy (non-hydrogen) atoms. The molecule has 1 aliphatic rings. The fourth-order valence-electron chi connectivity index (χ4n) is 3.66. The van der Waals surface area contributed by atoms with Gasteiger partial charge in [-0.2, -0.15) is 0 Å². The topological polar surface area (TPSA) is 157 Å². The van der Waals surface area contributed by atoms with Gasteiger partial charge in [-0.15, -0.1) is 0 Å². The van der Waals surface area contributed by atoms with Gasteiger partial charge in [0.25, 0.3) is 5.56 Å². The van der Waals surface area contributed by atoms with E-state index in [-0.39, 0.29) is 23.1 Å². The molecule has 1 aliphatic heterocycles. The predicted octanol–water partition coefficient (Wildman–Crippen LogP) is 2.74. The zero-order valence-corrected chi connectivity index (χ0v) is 20.8. The fraction of sp³-hybridized carbons (Fsp3) is 0.208. The molecule has 4 rings (SSSR count). The van der Waals surface area contributed by atoms with Crippen LogP contribution in [0.15, 0.2) is 57.0 Å². The van der Waals surface area contributed by atoms with Crippen LogP contribution in [0.5, 0.6) is 5.88 Å². The molecule has 1 fully saturated rings. The molecule has 0 radical (unpaired) electrons. The number of carbonyl (C=O) groups excluding carboxylic acids is 2. The van der Waals surface area contributed by atoms with Crippen LogP contribution in [0.2, 0.25) is 5.02 Å². The van der Waals surface area contributed by atoms with Crippen LogP contribution >= 0.6 is 23.4 Å². The first-order valence-corrected chi connectivity index (χ1v) is 12.1. The monoisotopic (exact) mass is 527 g/mol. The summed E-state index contributed by atoms with van der Waals surface area (Å²) in [6, 6.07) is 10.9. The van der Waals surface area contributed by atoms with Gasteiger partial charge in [-0.25, -0.2) is 9.79 Å². The molecule has 186 valence electrons. The molecule has 0 saturated carbocycles. The van der Waals surface area contributed by atoms with Crippen molar-refractivity contribution in [1.29, 1.82) is 0 Å². The van der Waals surface area contributed by atoms with Gasteiger partial charge in [-0.1, -0.05) is 47.6 Å². The summed E-state index contributed by atoms with van der Waals surface area (Å²) in [6.45, 7) is 3.84. The highest BCUT2D eigenvalue weighted by molar-refractivity contribution is 8.15. The number of nitrogens with zero attached hydrogens (tertiary/aromatic N) is 1. The van der Waals surface area contributed by atoms with Crippen molar-refractivity contribution in [2.24, 2.45) is 4.99 Å². The number of hydrogen-bond donors (Lipinski definition) is 5. The molecular formula is C24H22ClN5O5S. The number of aromatic hydroxyl groups is 1. The van der Waals surface area contributed by atoms with E-state index in [9.17, 15) is 24.3 Å². The van der Waals surface area contributed by atoms with Crippen molar-refractivity contribution < 1.29 is 14.7 Å². The first-order chi connectivity index (χ1) is 17.1. The summed E-state index contributed by atoms with van der Waals surface area (Å²) < 4.78 is 0. The average molecular weight is 528 g/mol. The number of amidine groups is 1. The first kappa shape index (κ1) is 25.3. The average Bonchev–Trinajstić information content (AvgIpc) is 3.14. The molecule has 12 heteroatoms. The molecule has 5 N–H and O–H groups in total. The molecular weight excluding hydrogens is 506 g/mol. The minimum absolute atomic E-state index is 0.0982. The van der Waals surface area contributed by atoms with Gasteiger partial charge in [0.2, 0.25) is 17.7 Å². The number of aromatic amines is 2. The summed E-state index contributed by atoms with van der Waals surface area (Å²) in [5.74, 6) is -1.39. The molecule has 2 aromatic carbocycles. The van der Waals surface area contributed by atoms with Crippen molar-refractivity contribution in [1.82, 2.24) is 15.3 Å². The number of carbonyl (C=O) groups is 2. The Hall–Kier alpha value is -3.83. The molecule has 3 aromatic rings. The molecule has 1 aromatic heterocycles. The third-order valence-corrected chi connectivity index (χ3v) is 7.04. The lowest BCUT2D eigenvalue weighted by molar-refractivity contribution is -0.122. The molecule has 10 nitrogen and oxygen atoms in total. The molecule has 0 unspecified atom stereocenters. The van der Waals surface area contributed by atoms with Crippen LogP contribution < -0.4 is 21.9 Å². The number of aliphatic imine (C=N–C) groups is 1. The van der Waals surface area contributed by atoms with Gasteiger partial charge in [0, 0.05) is 17.1 Å². The van der Waals surface area contributed by atoms with Crippen molar-refractivity contribution in [3.63, 3.8) is 0 Å². The number of rotatable bonds is 6. The standard InChI is InChI=1S/C24H22ClN5O5S/c1-11-4-3-5-15(12(11)2)26-17(31)10-16-20(32)30-24(36-16)27-19(13-6-8-14(25)9-7-13)18-21(33)28-23(35)29-22(18)34/h3-9,16,19H,10H2,1-2H3,(H,26,31)(H,27,30,32)(H3,28,29,33,34,35)/t16-,19+/m0/s1. The SMILES string of the molecule is Cc1cccc(NC(=O)C[C@@H]2SC(=N[C@H](c3ccc(Cl)cc3)c3c(O)[nH]c(=O)[nH]c3=O)NC2=O)c1C. The van der Waals surface area contributed by atoms with Crippen LogP contribution in [-0.2, 0) is 9.59 Å². The lowest BCUT2D eigenvalue weighted by Crippen LogP contribution is -2.29. The second-order valence-electron chi connectivity index (χ2n) is 8.15. The van der Waals surface area contributed by atoms with Crippen LogP contribution in [0.4, 0.5) is 5.69 Å². The van der Waals surface area contributed by atoms with Gasteiger partial charge in [0.15, 0.2) is 5.17 Å². The summed E-state index contributed by atoms with van der Waals surface area (Å²) in [6.07, 6.45) is -0.0982. The van der Waals surface area contributed by atoms with E-state index in [4.69, 9.17) is 11.6 Å². The Balaban J connectivity index is 1.59. The first-order valence-electron chi connectivity index (χ1n) is 10.8. The van der Waals surface area contributed by atoms with Gasteiger partial charge < -0.3 is 15.7 Å². The van der Waals surface area contributed by atoms with Gasteiger partial charge in [-0.05, 0) is 48.7 Å². The largest absolute Gasteiger partial charge is 0.494 e. The van der Waals surface area contributed by atoms with Crippen molar-refractivity contribution in [3.05, 3.63) is 90.6 Å². The maximum Gasteiger partial charge on any atom is 0.328 e. The Bertz CT molecular complexity index is 1480. The van der Waals surface area contributed by atoms with Gasteiger partial charge in [0.1, 0.15) is 16.9 Å². The second kappa shape index (κ2) is 10.4. The van der Waals surface area contributed by atoms with Crippen LogP contribution in [-0.4, -0.2) is 37.3 Å². The molecule has 1 saturated heterocycles. The van der Waals surface area contributed by atoms with Crippen LogP contribution in [0.25, 0.3) is 0 Å². The number of nitrogens with one attached hydrogen (secondary N) is 4. The zero-order valence-electron chi connectivity index (χ0n) is 19.2. The zero-order chi connectivity index (χ0) is 26.0. The summed E-state index contributed by atoms with van der Waals surface area (Å²) in [4.78, 5) is 58.0. The number of benzene rings is 2. The minimum Gasteiger partial charge on any atom is -0.494 e. The van der Waals surface area contributed by atoms with Crippen molar-refractivity contribution >= 4 is 46.0 Å². The molecule has 2 atom stereocenters. The minimum atomic E-state index is -1.08. The lowest BCUT2D eigenvalue weighted by Gasteiger charge is -2.14. The predicted molar refractivity (Wildman–Crippen MR) is 139 cm³/mol. The number of aryl methyl sites for hydroxylation is 1. The van der Waals surface area contributed by atoms with Crippen molar-refractivity contribution in [2.45, 2.75) is 31.6 Å². The van der Waals surface area contributed by atoms with Crippen molar-refractivity contribution in [3.8, 4) is 5.88 Å². The normalized spacial score (nSPS) is 17.1. The Morgan fingerprint density at radius 3 is 2.56 bits per heavy atom. The number of thioether (sulfide) groups is 1. The quantitative estimate of drug-likeness (QED) is 0.332. The van der Waals surface area contributed by atoms with E-state index in [1.165, 1.54) is 0 Å². The van der Waals surface area contributed by atoms with Crippen LogP contribution in [0, 0.1) is 13.8 Å². The summed E-state index contributed by atoms with van der Waals surface area (Å²) in [5.41, 5.74) is 1.20. The highest BCUT2D eigenvalue weighted by Crippen LogP contribution is 2.32. The number of halogens is 1. The molecule has 0 bridgehead atoms. The van der Waals surface area contributed by atoms with Crippen molar-refractivity contribution in [2.75, 3.05) is 5.32 Å². The number of H-pyrrole nitrogens is 2. The smallest absolute Gasteiger partial charge is 0.328 e. The molecule has 2 heterocycles. The molecule has 0 spiro atoms. The Labute approximate surface area is 214 Å². The van der Waals surface area contributed by atoms with E-state index in [0.717, 1.165) is 22.9 Å². The van der Waals surface area contributed by atoms with E-state index in [1.807, 2.05) is 26.0 Å². The number of aromatic nitrogens is 2. The third kappa shape index (κ3) is 5.52. The lowest BCUT2D eigenvalue weighted by atomic mass is 10.0.